The van der Waals surface area contributed by atoms with Gasteiger partial charge in [0.15, 0.2) is 6.10 Å². The van der Waals surface area contributed by atoms with Gasteiger partial charge in [0.1, 0.15) is 12.7 Å². The summed E-state index contributed by atoms with van der Waals surface area (Å²) in [6.07, 6.45) is 13.5. The van der Waals surface area contributed by atoms with E-state index in [-0.39, 0.29) is 31.1 Å². The normalized spacial score (nSPS) is 18.2. The van der Waals surface area contributed by atoms with Crippen molar-refractivity contribution < 1.29 is 23.8 Å². The molecule has 0 aliphatic carbocycles. The summed E-state index contributed by atoms with van der Waals surface area (Å²) < 4.78 is 16.5. The largest absolute Gasteiger partial charge is 0.462 e. The molecule has 2 rings (SSSR count). The van der Waals surface area contributed by atoms with E-state index in [1.807, 2.05) is 30.3 Å². The van der Waals surface area contributed by atoms with Gasteiger partial charge < -0.3 is 14.2 Å². The lowest BCUT2D eigenvalue weighted by Crippen LogP contribution is -2.30. The second kappa shape index (κ2) is 15.9. The van der Waals surface area contributed by atoms with Crippen LogP contribution in [0, 0.1) is 0 Å². The summed E-state index contributed by atoms with van der Waals surface area (Å²) >= 11 is 0. The zero-order valence-electron chi connectivity index (χ0n) is 19.2. The van der Waals surface area contributed by atoms with Crippen molar-refractivity contribution in [1.82, 2.24) is 0 Å². The molecule has 0 unspecified atom stereocenters. The fourth-order valence-electron chi connectivity index (χ4n) is 3.85. The molecular weight excluding hydrogens is 392 g/mol. The van der Waals surface area contributed by atoms with Gasteiger partial charge in [-0.1, -0.05) is 101 Å². The molecule has 0 N–H and O–H groups in total. The molecule has 2 atom stereocenters. The molecule has 0 amide bonds. The maximum Gasteiger partial charge on any atom is 0.309 e. The van der Waals surface area contributed by atoms with E-state index in [1.165, 1.54) is 57.8 Å². The first-order chi connectivity index (χ1) is 15.2. The van der Waals surface area contributed by atoms with Crippen molar-refractivity contribution in [3.63, 3.8) is 0 Å². The Balaban J connectivity index is 1.49. The van der Waals surface area contributed by atoms with Crippen LogP contribution in [-0.2, 0) is 30.4 Å². The highest BCUT2D eigenvalue weighted by molar-refractivity contribution is 5.73. The summed E-state index contributed by atoms with van der Waals surface area (Å²) in [6, 6.07) is 9.79. The number of cyclic esters (lactones) is 1. The minimum atomic E-state index is -0.516. The summed E-state index contributed by atoms with van der Waals surface area (Å²) in [4.78, 5) is 23.7. The summed E-state index contributed by atoms with van der Waals surface area (Å²) in [5.74, 6) is -0.523. The molecule has 1 fully saturated rings. The van der Waals surface area contributed by atoms with E-state index >= 15 is 0 Å². The van der Waals surface area contributed by atoms with E-state index in [4.69, 9.17) is 14.2 Å². The van der Waals surface area contributed by atoms with Crippen LogP contribution < -0.4 is 0 Å². The molecule has 1 aromatic rings. The lowest BCUT2D eigenvalue weighted by molar-refractivity contribution is -0.155. The third-order valence-corrected chi connectivity index (χ3v) is 5.77. The van der Waals surface area contributed by atoms with Crippen LogP contribution in [0.15, 0.2) is 30.3 Å². The minimum Gasteiger partial charge on any atom is -0.462 e. The first-order valence-electron chi connectivity index (χ1n) is 12.2. The third-order valence-electron chi connectivity index (χ3n) is 5.77. The van der Waals surface area contributed by atoms with Gasteiger partial charge in [0.2, 0.25) is 0 Å². The molecule has 1 saturated heterocycles. The summed E-state index contributed by atoms with van der Waals surface area (Å²) in [5, 5.41) is 0. The van der Waals surface area contributed by atoms with E-state index in [9.17, 15) is 9.59 Å². The van der Waals surface area contributed by atoms with Crippen molar-refractivity contribution in [3.8, 4) is 0 Å². The van der Waals surface area contributed by atoms with E-state index in [2.05, 4.69) is 6.92 Å². The molecule has 0 radical (unpaired) electrons. The number of esters is 2. The lowest BCUT2D eigenvalue weighted by atomic mass is 10.1. The molecular formula is C26H40O5. The molecule has 5 heteroatoms. The Morgan fingerprint density at radius 3 is 2.19 bits per heavy atom. The summed E-state index contributed by atoms with van der Waals surface area (Å²) in [7, 11) is 0. The van der Waals surface area contributed by atoms with Gasteiger partial charge in [0, 0.05) is 6.42 Å². The number of hydrogen-bond acceptors (Lipinski definition) is 5. The van der Waals surface area contributed by atoms with Crippen LogP contribution in [0.2, 0.25) is 0 Å². The third kappa shape index (κ3) is 11.3. The number of ether oxygens (including phenoxy) is 3. The molecule has 31 heavy (non-hydrogen) atoms. The van der Waals surface area contributed by atoms with Crippen molar-refractivity contribution >= 4 is 11.9 Å². The molecule has 1 aliphatic heterocycles. The van der Waals surface area contributed by atoms with E-state index in [1.54, 1.807) is 0 Å². The van der Waals surface area contributed by atoms with Crippen molar-refractivity contribution in [3.05, 3.63) is 35.9 Å². The zero-order chi connectivity index (χ0) is 22.2. The van der Waals surface area contributed by atoms with Gasteiger partial charge in [-0.25, -0.2) is 0 Å². The number of hydrogen-bond donors (Lipinski definition) is 0. The number of unbranched alkanes of at least 4 members (excludes halogenated alkanes) is 10. The fraction of sp³-hybridized carbons (Fsp3) is 0.692. The Hall–Kier alpha value is -1.88. The van der Waals surface area contributed by atoms with Crippen molar-refractivity contribution in [2.45, 2.75) is 109 Å². The number of benzene rings is 1. The average molecular weight is 433 g/mol. The molecule has 174 valence electrons. The predicted octanol–water partition coefficient (Wildman–Crippen LogP) is 6.13. The van der Waals surface area contributed by atoms with Gasteiger partial charge in [-0.05, 0) is 12.0 Å². The van der Waals surface area contributed by atoms with Crippen LogP contribution in [0.3, 0.4) is 0 Å². The van der Waals surface area contributed by atoms with Crippen LogP contribution in [0.4, 0.5) is 0 Å². The van der Waals surface area contributed by atoms with Gasteiger partial charge in [-0.2, -0.15) is 0 Å². The molecule has 5 nitrogen and oxygen atoms in total. The second-order valence-electron chi connectivity index (χ2n) is 8.54. The molecule has 1 aliphatic rings. The average Bonchev–Trinajstić information content (AvgIpc) is 3.14. The predicted molar refractivity (Wildman–Crippen MR) is 122 cm³/mol. The molecule has 0 bridgehead atoms. The Kier molecular flexibility index (Phi) is 13.0. The SMILES string of the molecule is CCCCCCCCCCCCCC(=O)OC[C@@H]1OC(=O)C[C@@H]1OCc1ccccc1. The molecule has 1 aromatic carbocycles. The smallest absolute Gasteiger partial charge is 0.309 e. The Morgan fingerprint density at radius 1 is 0.935 bits per heavy atom. The van der Waals surface area contributed by atoms with Gasteiger partial charge in [-0.3, -0.25) is 9.59 Å². The van der Waals surface area contributed by atoms with E-state index in [0.717, 1.165) is 18.4 Å². The number of rotatable bonds is 17. The lowest BCUT2D eigenvalue weighted by Gasteiger charge is -2.18. The van der Waals surface area contributed by atoms with Crippen molar-refractivity contribution in [2.75, 3.05) is 6.61 Å². The van der Waals surface area contributed by atoms with E-state index < -0.39 is 6.10 Å². The monoisotopic (exact) mass is 432 g/mol. The molecule has 1 heterocycles. The van der Waals surface area contributed by atoms with Crippen LogP contribution >= 0.6 is 0 Å². The number of carbonyl (C=O) groups is 2. The van der Waals surface area contributed by atoms with Crippen molar-refractivity contribution in [2.24, 2.45) is 0 Å². The molecule has 0 spiro atoms. The number of carbonyl (C=O) groups excluding carboxylic acids is 2. The Bertz CT molecular complexity index is 615. The second-order valence-corrected chi connectivity index (χ2v) is 8.54. The fourth-order valence-corrected chi connectivity index (χ4v) is 3.85. The van der Waals surface area contributed by atoms with Crippen LogP contribution in [0.5, 0.6) is 0 Å². The maximum atomic E-state index is 12.0. The summed E-state index contributed by atoms with van der Waals surface area (Å²) in [6.45, 7) is 2.73. The molecule has 0 aromatic heterocycles. The molecule has 0 saturated carbocycles. The van der Waals surface area contributed by atoms with Crippen LogP contribution in [0.1, 0.15) is 96.0 Å². The first-order valence-corrected chi connectivity index (χ1v) is 12.2. The van der Waals surface area contributed by atoms with Gasteiger partial charge in [0.25, 0.3) is 0 Å². The van der Waals surface area contributed by atoms with Gasteiger partial charge >= 0.3 is 11.9 Å². The topological polar surface area (TPSA) is 61.8 Å². The quantitative estimate of drug-likeness (QED) is 0.219. The van der Waals surface area contributed by atoms with Crippen molar-refractivity contribution in [1.29, 1.82) is 0 Å². The Labute approximate surface area is 187 Å². The highest BCUT2D eigenvalue weighted by atomic mass is 16.6. The van der Waals surface area contributed by atoms with Gasteiger partial charge in [-0.15, -0.1) is 0 Å². The highest BCUT2D eigenvalue weighted by Crippen LogP contribution is 2.21. The zero-order valence-corrected chi connectivity index (χ0v) is 19.2. The van der Waals surface area contributed by atoms with E-state index in [0.29, 0.717) is 13.0 Å². The van der Waals surface area contributed by atoms with Gasteiger partial charge in [0.05, 0.1) is 13.0 Å². The summed E-state index contributed by atoms with van der Waals surface area (Å²) in [5.41, 5.74) is 1.04. The minimum absolute atomic E-state index is 0.0715. The van der Waals surface area contributed by atoms with Crippen LogP contribution in [0.25, 0.3) is 0 Å². The highest BCUT2D eigenvalue weighted by Gasteiger charge is 2.36. The standard InChI is InChI=1S/C26H40O5/c1-2-3-4-5-6-7-8-9-10-11-15-18-25(27)30-21-24-23(19-26(28)31-24)29-20-22-16-13-12-14-17-22/h12-14,16-17,23-24H,2-11,15,18-21H2,1H3/t23-,24-/m0/s1. The maximum absolute atomic E-state index is 12.0. The first kappa shape index (κ1) is 25.4. The van der Waals surface area contributed by atoms with Crippen LogP contribution in [-0.4, -0.2) is 30.8 Å². The Morgan fingerprint density at radius 2 is 1.55 bits per heavy atom.